The van der Waals surface area contributed by atoms with Gasteiger partial charge in [0.1, 0.15) is 6.15 Å². The van der Waals surface area contributed by atoms with Crippen LogP contribution in [0.2, 0.25) is 0 Å². The van der Waals surface area contributed by atoms with Gasteiger partial charge < -0.3 is 0 Å². The molecule has 0 unspecified atom stereocenters. The van der Waals surface area contributed by atoms with E-state index in [4.69, 9.17) is 4.17 Å². The minimum absolute atomic E-state index is 0.177. The van der Waals surface area contributed by atoms with Crippen molar-refractivity contribution < 1.29 is 52.7 Å². The van der Waals surface area contributed by atoms with Crippen molar-refractivity contribution >= 4 is 42.1 Å². The quantitative estimate of drug-likeness (QED) is 0.0104. The number of benzene rings is 4. The van der Waals surface area contributed by atoms with Crippen LogP contribution in [0, 0.1) is 69.8 Å². The third kappa shape index (κ3) is 59.2. The second kappa shape index (κ2) is 86.0. The fraction of sp³-hybridized carbons (Fsp3) is 0.800. The molecule has 4 rings (SSSR count). The molecule has 0 radical (unpaired) electrons. The number of unbranched alkanes of at least 4 members (excludes halogenated alkanes) is 78. The summed E-state index contributed by atoms with van der Waals surface area (Å²) in [6, 6.07) is 1.41. The first kappa shape index (κ1) is 127. The lowest BCUT2D eigenvalue weighted by Gasteiger charge is -2.44. The van der Waals surface area contributed by atoms with E-state index in [1.165, 1.54) is 539 Å². The first-order valence-corrected chi connectivity index (χ1v) is 63.2. The smallest absolute Gasteiger partial charge is 0.204 e. The van der Waals surface area contributed by atoms with Gasteiger partial charge in [0.25, 0.3) is 0 Å². The summed E-state index contributed by atoms with van der Waals surface area (Å²) in [4.78, 5) is 0. The summed E-state index contributed by atoms with van der Waals surface area (Å²) in [5, 5.41) is 0. The molecule has 0 spiro atoms. The lowest BCUT2D eigenvalue weighted by atomic mass is 9.13. The molecule has 0 aliphatic rings. The molecule has 4 aromatic carbocycles. The topological polar surface area (TPSA) is 14.1 Å². The van der Waals surface area contributed by atoms with Gasteiger partial charge in [-0.2, -0.15) is 26.0 Å². The fourth-order valence-electron chi connectivity index (χ4n) is 21.4. The van der Waals surface area contributed by atoms with Crippen molar-refractivity contribution in [3.63, 3.8) is 0 Å². The molecule has 0 amide bonds. The Bertz CT molecular complexity index is 3010. The molecule has 1 nitrogen and oxygen atoms in total. The van der Waals surface area contributed by atoms with E-state index in [-0.39, 0.29) is 48.5 Å². The van der Waals surface area contributed by atoms with E-state index in [0.717, 1.165) is 0 Å². The maximum atomic E-state index is 14.4. The molecule has 0 aliphatic heterocycles. The Morgan fingerprint density at radius 1 is 0.147 bits per heavy atom. The van der Waals surface area contributed by atoms with Crippen molar-refractivity contribution in [2.45, 2.75) is 581 Å². The molecule has 0 bridgehead atoms. The SMILES string of the molecule is CCCCCCCCCCCCCCCCP(CCCCCCCCCCCCCCCC)(CCCCCCCCCCCCCCCC)=[N+]=P(CCCCCCCCCCCCCCCC)(CCCCCCCCCCCCCCCC)CCCCCCCCCCCCCCCC.Fc1cc([B-](c2cc(F)c(F)c(F)c2)(c2cc(F)c(F)c(F)c2)c2cc(F)c(F)c(F)c2)cc(F)c1F. The molecule has 0 N–H and O–H groups in total. The Balaban J connectivity index is 0.00000105. The van der Waals surface area contributed by atoms with Gasteiger partial charge in [-0.3, -0.25) is 0 Å². The maximum absolute atomic E-state index is 14.4. The lowest BCUT2D eigenvalue weighted by molar-refractivity contribution is 0.447. The highest BCUT2D eigenvalue weighted by Crippen LogP contribution is 2.57. The largest absolute Gasteiger partial charge is 0.216 e. The monoisotopic (exact) mass is 1960 g/mol. The first-order chi connectivity index (χ1) is 66.4. The van der Waals surface area contributed by atoms with E-state index in [1.54, 1.807) is 37.0 Å². The van der Waals surface area contributed by atoms with Crippen LogP contribution in [0.25, 0.3) is 0 Å². The Labute approximate surface area is 830 Å². The van der Waals surface area contributed by atoms with Gasteiger partial charge in [0.2, 0.25) is 14.1 Å². The van der Waals surface area contributed by atoms with Crippen LogP contribution in [0.15, 0.2) is 48.5 Å². The van der Waals surface area contributed by atoms with E-state index in [9.17, 15) is 52.7 Å². The molecule has 788 valence electrons. The van der Waals surface area contributed by atoms with Crippen LogP contribution in [0.4, 0.5) is 52.7 Å². The summed E-state index contributed by atoms with van der Waals surface area (Å²) in [7, 11) is -2.92. The normalized spacial score (nSPS) is 12.0. The summed E-state index contributed by atoms with van der Waals surface area (Å²) in [5.74, 6) is -24.0. The minimum atomic E-state index is -4.01. The number of halogens is 12. The van der Waals surface area contributed by atoms with E-state index >= 15 is 0 Å². The van der Waals surface area contributed by atoms with Gasteiger partial charge in [-0.05, 0) is 38.5 Å². The van der Waals surface area contributed by atoms with Crippen LogP contribution in [0.3, 0.4) is 0 Å². The molecule has 136 heavy (non-hydrogen) atoms. The van der Waals surface area contributed by atoms with Gasteiger partial charge >= 0.3 is 0 Å². The number of hydrogen-bond donors (Lipinski definition) is 0. The summed E-state index contributed by atoms with van der Waals surface area (Å²) in [6.07, 6.45) is 129. The van der Waals surface area contributed by atoms with E-state index in [0.29, 0.717) is 0 Å². The van der Waals surface area contributed by atoms with Gasteiger partial charge in [-0.1, -0.05) is 591 Å². The third-order valence-electron chi connectivity index (χ3n) is 30.0. The zero-order chi connectivity index (χ0) is 98.7. The summed E-state index contributed by atoms with van der Waals surface area (Å²) < 4.78 is 177. The van der Waals surface area contributed by atoms with E-state index in [1.807, 2.05) is 0 Å². The average Bonchev–Trinajstić information content (AvgIpc) is 0.715. The Morgan fingerprint density at radius 2 is 0.235 bits per heavy atom. The van der Waals surface area contributed by atoms with E-state index in [2.05, 4.69) is 41.5 Å². The van der Waals surface area contributed by atoms with Gasteiger partial charge in [0, 0.05) is 37.0 Å². The molecule has 0 saturated heterocycles. The fourth-order valence-corrected chi connectivity index (χ4v) is 33.0. The predicted octanol–water partition coefficient (Wildman–Crippen LogP) is 42.1. The molecule has 16 heteroatoms. The van der Waals surface area contributed by atoms with Crippen molar-refractivity contribution in [2.75, 3.05) is 37.0 Å². The Hall–Kier alpha value is -3.33. The zero-order valence-electron chi connectivity index (χ0n) is 88.7. The van der Waals surface area contributed by atoms with Crippen LogP contribution in [-0.2, 0) is 0 Å². The second-order valence-corrected chi connectivity index (χ2v) is 50.0. The Kier molecular flexibility index (Phi) is 80.2. The van der Waals surface area contributed by atoms with Crippen LogP contribution >= 0.6 is 14.1 Å². The summed E-state index contributed by atoms with van der Waals surface area (Å²) >= 11 is 0. The van der Waals surface area contributed by atoms with Gasteiger partial charge in [0.05, 0.1) is 0 Å². The molecule has 0 fully saturated rings. The van der Waals surface area contributed by atoms with Crippen LogP contribution in [0.1, 0.15) is 581 Å². The molecular formula is C120H206BF12NP2. The van der Waals surface area contributed by atoms with Crippen molar-refractivity contribution in [3.8, 4) is 0 Å². The maximum Gasteiger partial charge on any atom is 0.216 e. The van der Waals surface area contributed by atoms with Crippen molar-refractivity contribution in [1.29, 1.82) is 0 Å². The predicted molar refractivity (Wildman–Crippen MR) is 577 cm³/mol. The van der Waals surface area contributed by atoms with Gasteiger partial charge in [-0.25, -0.2) is 52.7 Å². The number of nitrogens with zero attached hydrogens (tertiary/aromatic N) is 1. The average molecular weight is 1960 g/mol. The zero-order valence-corrected chi connectivity index (χ0v) is 90.5. The number of hydrogen-bond acceptors (Lipinski definition) is 0. The molecule has 0 atom stereocenters. The van der Waals surface area contributed by atoms with Crippen molar-refractivity contribution in [1.82, 2.24) is 4.17 Å². The van der Waals surface area contributed by atoms with Crippen LogP contribution in [-0.4, -0.2) is 43.1 Å². The molecule has 0 aromatic heterocycles. The van der Waals surface area contributed by atoms with Gasteiger partial charge in [-0.15, -0.1) is 0 Å². The van der Waals surface area contributed by atoms with Crippen LogP contribution < -0.4 is 26.0 Å². The van der Waals surface area contributed by atoms with E-state index < -0.39 is 112 Å². The molecular weight excluding hydrogens is 1760 g/mol. The van der Waals surface area contributed by atoms with Gasteiger partial charge in [0.15, 0.2) is 69.8 Å². The van der Waals surface area contributed by atoms with Crippen molar-refractivity contribution in [2.24, 2.45) is 0 Å². The molecule has 0 aliphatic carbocycles. The third-order valence-corrected chi connectivity index (χ3v) is 39.9. The molecule has 0 heterocycles. The molecule has 0 saturated carbocycles. The highest BCUT2D eigenvalue weighted by molar-refractivity contribution is 7.73. The first-order valence-electron chi connectivity index (χ1n) is 58.6. The Morgan fingerprint density at radius 3 is 0.331 bits per heavy atom. The second-order valence-electron chi connectivity index (χ2n) is 42.3. The molecule has 4 aromatic rings. The summed E-state index contributed by atoms with van der Waals surface area (Å²) in [6.45, 7) is 14.1. The highest BCUT2D eigenvalue weighted by atomic mass is 31.2. The highest BCUT2D eigenvalue weighted by Gasteiger charge is 2.39. The van der Waals surface area contributed by atoms with Crippen LogP contribution in [0.5, 0.6) is 0 Å². The minimum Gasteiger partial charge on any atom is -0.204 e. The lowest BCUT2D eigenvalue weighted by Crippen LogP contribution is -2.75. The summed E-state index contributed by atoms with van der Waals surface area (Å²) in [5.41, 5.74) is -3.79. The van der Waals surface area contributed by atoms with Crippen molar-refractivity contribution in [3.05, 3.63) is 118 Å². The standard InChI is InChI=1S/C96H198NP2.C24H8BF12/c1-7-13-19-25-31-37-43-49-55-61-67-73-79-85-91-98(92-86-80-74-68-62-56-50-44-38-32-26-20-14-8-2,93-87-81-75-69-63-57-51-45-39-33-27-21-15-9-3)97-99(94-88-82-76-70-64-58-52-46-40-34-28-22-16-10-4,95-89-83-77-71-65-59-53-47-41-35-29-23-17-11-5)96-90-84-78-72-66-60-54-48-42-36-30-24-18-12-6;26-13-1-9(2-14(27)21(13)34)25(10-3-15(28)22(35)16(29)4-10,11-5-17(30)23(36)18(31)6-11)12-7-19(32)24(37)20(33)8-12/h7-96H2,1-6H3;1-8H/q+1;-1. The number of rotatable bonds is 94.